The summed E-state index contributed by atoms with van der Waals surface area (Å²) >= 11 is 0. The zero-order valence-electron chi connectivity index (χ0n) is 10.2. The Balaban J connectivity index is 2.19. The van der Waals surface area contributed by atoms with E-state index >= 15 is 0 Å². The van der Waals surface area contributed by atoms with E-state index < -0.39 is 0 Å². The van der Waals surface area contributed by atoms with Gasteiger partial charge < -0.3 is 5.32 Å². The number of aryl methyl sites for hydroxylation is 1. The molecular weight excluding hydrogens is 210 g/mol. The smallest absolute Gasteiger partial charge is 0.0568 e. The van der Waals surface area contributed by atoms with Crippen LogP contribution in [0.25, 0.3) is 11.1 Å². The summed E-state index contributed by atoms with van der Waals surface area (Å²) in [4.78, 5) is 0. The van der Waals surface area contributed by atoms with E-state index in [0.29, 0.717) is 6.04 Å². The number of rotatable bonds is 1. The minimum Gasteiger partial charge on any atom is -0.310 e. The fourth-order valence-electron chi connectivity index (χ4n) is 2.69. The summed E-state index contributed by atoms with van der Waals surface area (Å²) in [5.74, 6) is 0. The maximum absolute atomic E-state index is 4.13. The molecule has 0 amide bonds. The molecule has 0 fully saturated rings. The van der Waals surface area contributed by atoms with Crippen LogP contribution in [0.5, 0.6) is 0 Å². The number of nitrogens with zero attached hydrogens (tertiary/aromatic N) is 1. The third kappa shape index (κ3) is 1.67. The van der Waals surface area contributed by atoms with Gasteiger partial charge in [0.15, 0.2) is 0 Å². The standard InChI is InChI=1S/C14H17N3/c1-9-11-4-3-5-12(13(11)6-7-15-9)14-8-16-17-10(14)2/h3-5,8-9,15H,6-7H2,1-2H3,(H,16,17). The number of hydrogen-bond acceptors (Lipinski definition) is 2. The van der Waals surface area contributed by atoms with Gasteiger partial charge in [-0.1, -0.05) is 18.2 Å². The van der Waals surface area contributed by atoms with Gasteiger partial charge in [-0.3, -0.25) is 5.10 Å². The van der Waals surface area contributed by atoms with Gasteiger partial charge in [-0.15, -0.1) is 0 Å². The molecule has 0 radical (unpaired) electrons. The summed E-state index contributed by atoms with van der Waals surface area (Å²) in [7, 11) is 0. The van der Waals surface area contributed by atoms with Gasteiger partial charge in [0.1, 0.15) is 0 Å². The molecule has 1 unspecified atom stereocenters. The van der Waals surface area contributed by atoms with E-state index in [1.54, 1.807) is 0 Å². The van der Waals surface area contributed by atoms with Gasteiger partial charge in [0.05, 0.1) is 6.20 Å². The van der Waals surface area contributed by atoms with E-state index in [2.05, 4.69) is 47.6 Å². The molecule has 2 heterocycles. The summed E-state index contributed by atoms with van der Waals surface area (Å²) in [6, 6.07) is 7.02. The summed E-state index contributed by atoms with van der Waals surface area (Å²) < 4.78 is 0. The highest BCUT2D eigenvalue weighted by Gasteiger charge is 2.19. The van der Waals surface area contributed by atoms with Crippen LogP contribution in [0.4, 0.5) is 0 Å². The molecule has 2 aromatic rings. The number of hydrogen-bond donors (Lipinski definition) is 2. The lowest BCUT2D eigenvalue weighted by Crippen LogP contribution is -2.28. The molecule has 1 aliphatic heterocycles. The Bertz CT molecular complexity index is 542. The summed E-state index contributed by atoms with van der Waals surface area (Å²) in [6.07, 6.45) is 3.03. The van der Waals surface area contributed by atoms with E-state index in [1.165, 1.54) is 22.3 Å². The average Bonchev–Trinajstić information content (AvgIpc) is 2.75. The number of aromatic amines is 1. The van der Waals surface area contributed by atoms with E-state index in [-0.39, 0.29) is 0 Å². The van der Waals surface area contributed by atoms with E-state index in [0.717, 1.165) is 18.7 Å². The quantitative estimate of drug-likeness (QED) is 0.786. The second kappa shape index (κ2) is 4.00. The molecule has 2 N–H and O–H groups in total. The Labute approximate surface area is 101 Å². The topological polar surface area (TPSA) is 40.7 Å². The van der Waals surface area contributed by atoms with Crippen LogP contribution in [0, 0.1) is 6.92 Å². The highest BCUT2D eigenvalue weighted by atomic mass is 15.1. The van der Waals surface area contributed by atoms with Crippen molar-refractivity contribution in [3.8, 4) is 11.1 Å². The molecule has 0 spiro atoms. The molecule has 1 aromatic heterocycles. The molecule has 1 aromatic carbocycles. The van der Waals surface area contributed by atoms with Crippen LogP contribution in [0.1, 0.15) is 29.8 Å². The first-order chi connectivity index (χ1) is 8.27. The number of aromatic nitrogens is 2. The minimum absolute atomic E-state index is 0.450. The van der Waals surface area contributed by atoms with E-state index in [9.17, 15) is 0 Å². The number of fused-ring (bicyclic) bond motifs is 1. The minimum atomic E-state index is 0.450. The lowest BCUT2D eigenvalue weighted by Gasteiger charge is -2.26. The van der Waals surface area contributed by atoms with Crippen molar-refractivity contribution in [3.63, 3.8) is 0 Å². The predicted octanol–water partition coefficient (Wildman–Crippen LogP) is 2.59. The Morgan fingerprint density at radius 2 is 2.18 bits per heavy atom. The molecule has 3 heteroatoms. The molecule has 1 atom stereocenters. The Morgan fingerprint density at radius 3 is 2.94 bits per heavy atom. The largest absolute Gasteiger partial charge is 0.310 e. The van der Waals surface area contributed by atoms with Crippen molar-refractivity contribution in [2.75, 3.05) is 6.54 Å². The third-order valence-corrected chi connectivity index (χ3v) is 3.62. The van der Waals surface area contributed by atoms with Crippen LogP contribution < -0.4 is 5.32 Å². The Morgan fingerprint density at radius 1 is 1.29 bits per heavy atom. The number of benzene rings is 1. The lowest BCUT2D eigenvalue weighted by molar-refractivity contribution is 0.541. The van der Waals surface area contributed by atoms with Gasteiger partial charge in [0, 0.05) is 17.3 Å². The second-order valence-electron chi connectivity index (χ2n) is 4.71. The van der Waals surface area contributed by atoms with Crippen LogP contribution in [-0.2, 0) is 6.42 Å². The summed E-state index contributed by atoms with van der Waals surface area (Å²) in [5, 5.41) is 10.6. The molecule has 0 bridgehead atoms. The number of H-pyrrole nitrogens is 1. The van der Waals surface area contributed by atoms with Gasteiger partial charge in [-0.25, -0.2) is 0 Å². The van der Waals surface area contributed by atoms with Crippen molar-refractivity contribution < 1.29 is 0 Å². The second-order valence-corrected chi connectivity index (χ2v) is 4.71. The molecule has 0 saturated heterocycles. The maximum Gasteiger partial charge on any atom is 0.0568 e. The highest BCUT2D eigenvalue weighted by molar-refractivity contribution is 5.70. The average molecular weight is 227 g/mol. The van der Waals surface area contributed by atoms with Gasteiger partial charge >= 0.3 is 0 Å². The Kier molecular flexibility index (Phi) is 2.48. The van der Waals surface area contributed by atoms with Gasteiger partial charge in [-0.05, 0) is 43.5 Å². The molecule has 3 nitrogen and oxygen atoms in total. The SMILES string of the molecule is Cc1[nH]ncc1-c1cccc2c1CCNC2C. The van der Waals surface area contributed by atoms with Crippen molar-refractivity contribution in [2.24, 2.45) is 0 Å². The molecular formula is C14H17N3. The first kappa shape index (κ1) is 10.5. The van der Waals surface area contributed by atoms with Crippen molar-refractivity contribution in [3.05, 3.63) is 41.2 Å². The van der Waals surface area contributed by atoms with E-state index in [4.69, 9.17) is 0 Å². The number of nitrogens with one attached hydrogen (secondary N) is 2. The molecule has 0 saturated carbocycles. The lowest BCUT2D eigenvalue weighted by atomic mass is 9.88. The molecule has 3 rings (SSSR count). The molecule has 88 valence electrons. The van der Waals surface area contributed by atoms with Gasteiger partial charge in [-0.2, -0.15) is 5.10 Å². The molecule has 1 aliphatic rings. The normalized spacial score (nSPS) is 19.1. The van der Waals surface area contributed by atoms with E-state index in [1.807, 2.05) is 6.20 Å². The van der Waals surface area contributed by atoms with Crippen molar-refractivity contribution >= 4 is 0 Å². The highest BCUT2D eigenvalue weighted by Crippen LogP contribution is 2.32. The van der Waals surface area contributed by atoms with Gasteiger partial charge in [0.2, 0.25) is 0 Å². The summed E-state index contributed by atoms with van der Waals surface area (Å²) in [5.41, 5.74) is 6.61. The van der Waals surface area contributed by atoms with Crippen molar-refractivity contribution in [1.82, 2.24) is 15.5 Å². The van der Waals surface area contributed by atoms with Crippen molar-refractivity contribution in [2.45, 2.75) is 26.3 Å². The summed E-state index contributed by atoms with van der Waals surface area (Å²) in [6.45, 7) is 5.36. The van der Waals surface area contributed by atoms with Crippen molar-refractivity contribution in [1.29, 1.82) is 0 Å². The molecule has 17 heavy (non-hydrogen) atoms. The zero-order chi connectivity index (χ0) is 11.8. The van der Waals surface area contributed by atoms with Crippen LogP contribution in [0.3, 0.4) is 0 Å². The first-order valence-corrected chi connectivity index (χ1v) is 6.13. The van der Waals surface area contributed by atoms with Crippen LogP contribution in [0.15, 0.2) is 24.4 Å². The van der Waals surface area contributed by atoms with Crippen LogP contribution in [-0.4, -0.2) is 16.7 Å². The third-order valence-electron chi connectivity index (χ3n) is 3.62. The first-order valence-electron chi connectivity index (χ1n) is 6.13. The monoisotopic (exact) mass is 227 g/mol. The maximum atomic E-state index is 4.13. The fraction of sp³-hybridized carbons (Fsp3) is 0.357. The van der Waals surface area contributed by atoms with Crippen LogP contribution in [0.2, 0.25) is 0 Å². The molecule has 0 aliphatic carbocycles. The predicted molar refractivity (Wildman–Crippen MR) is 68.9 cm³/mol. The zero-order valence-corrected chi connectivity index (χ0v) is 10.2. The van der Waals surface area contributed by atoms with Crippen LogP contribution >= 0.6 is 0 Å². The fourth-order valence-corrected chi connectivity index (χ4v) is 2.69. The van der Waals surface area contributed by atoms with Gasteiger partial charge in [0.25, 0.3) is 0 Å². The Hall–Kier alpha value is -1.61.